The first kappa shape index (κ1) is 14.9. The fraction of sp³-hybridized carbons (Fsp3) is 0.667. The molecule has 3 unspecified atom stereocenters. The third-order valence-electron chi connectivity index (χ3n) is 5.10. The summed E-state index contributed by atoms with van der Waals surface area (Å²) in [5, 5.41) is 10.9. The minimum Gasteiger partial charge on any atom is -0.491 e. The molecule has 0 radical (unpaired) electrons. The summed E-state index contributed by atoms with van der Waals surface area (Å²) in [6, 6.07) is 4.91. The van der Waals surface area contributed by atoms with E-state index in [1.165, 1.54) is 24.8 Å². The highest BCUT2D eigenvalue weighted by molar-refractivity contribution is 5.46. The maximum atomic E-state index is 10.9. The molecule has 1 fully saturated rings. The van der Waals surface area contributed by atoms with Gasteiger partial charge in [0.15, 0.2) is 0 Å². The minimum absolute atomic E-state index is 0.101. The van der Waals surface area contributed by atoms with Gasteiger partial charge < -0.3 is 9.84 Å². The topological polar surface area (TPSA) is 32.7 Å². The van der Waals surface area contributed by atoms with E-state index in [2.05, 4.69) is 37.8 Å². The molecule has 3 atom stereocenters. The van der Waals surface area contributed by atoms with E-state index in [-0.39, 0.29) is 6.04 Å². The molecule has 1 N–H and O–H groups in total. The lowest BCUT2D eigenvalue weighted by Gasteiger charge is -2.44. The number of aliphatic hydroxyl groups excluding tert-OH is 1. The van der Waals surface area contributed by atoms with Crippen LogP contribution in [0.25, 0.3) is 0 Å². The number of likely N-dealkylation sites (tertiary alicyclic amines) is 1. The van der Waals surface area contributed by atoms with Gasteiger partial charge in [-0.15, -0.1) is 0 Å². The number of aryl methyl sites for hydroxylation is 2. The van der Waals surface area contributed by atoms with E-state index >= 15 is 0 Å². The van der Waals surface area contributed by atoms with Crippen molar-refractivity contribution in [1.82, 2.24) is 4.90 Å². The second kappa shape index (κ2) is 5.98. The van der Waals surface area contributed by atoms with Gasteiger partial charge in [-0.1, -0.05) is 25.0 Å². The van der Waals surface area contributed by atoms with Gasteiger partial charge in [-0.2, -0.15) is 0 Å². The van der Waals surface area contributed by atoms with Gasteiger partial charge >= 0.3 is 0 Å². The summed E-state index contributed by atoms with van der Waals surface area (Å²) in [6.07, 6.45) is 4.52. The summed E-state index contributed by atoms with van der Waals surface area (Å²) in [5.41, 5.74) is 3.30. The van der Waals surface area contributed by atoms with Gasteiger partial charge in [-0.3, -0.25) is 4.90 Å². The molecule has 2 aliphatic rings. The van der Waals surface area contributed by atoms with Crippen LogP contribution in [0.4, 0.5) is 0 Å². The number of hydrogen-bond acceptors (Lipinski definition) is 3. The lowest BCUT2D eigenvalue weighted by molar-refractivity contribution is -0.0295. The number of benzene rings is 1. The van der Waals surface area contributed by atoms with Crippen molar-refractivity contribution in [1.29, 1.82) is 0 Å². The molecule has 116 valence electrons. The minimum atomic E-state index is -0.431. The largest absolute Gasteiger partial charge is 0.491 e. The molecule has 3 heteroatoms. The highest BCUT2D eigenvalue weighted by Gasteiger charge is 2.37. The lowest BCUT2D eigenvalue weighted by Crippen LogP contribution is -2.52. The standard InChI is InChI=1S/C18H27NO2/c1-4-14-7-5-6-8-19(14)16-11-21-18-13(3)9-12(2)10-15(18)17(16)20/h9-10,14,16-17,20H,4-8,11H2,1-3H3. The Morgan fingerprint density at radius 3 is 2.86 bits per heavy atom. The third kappa shape index (κ3) is 2.69. The molecule has 21 heavy (non-hydrogen) atoms. The van der Waals surface area contributed by atoms with Gasteiger partial charge in [-0.05, 0) is 51.3 Å². The van der Waals surface area contributed by atoms with Gasteiger partial charge in [0.05, 0.1) is 6.04 Å². The summed E-state index contributed by atoms with van der Waals surface area (Å²) in [6.45, 7) is 8.09. The van der Waals surface area contributed by atoms with E-state index < -0.39 is 6.10 Å². The molecule has 0 spiro atoms. The zero-order valence-electron chi connectivity index (χ0n) is 13.4. The Morgan fingerprint density at radius 1 is 1.29 bits per heavy atom. The number of hydrogen-bond donors (Lipinski definition) is 1. The van der Waals surface area contributed by atoms with Crippen molar-refractivity contribution in [3.8, 4) is 5.75 Å². The van der Waals surface area contributed by atoms with E-state index in [0.717, 1.165) is 29.8 Å². The van der Waals surface area contributed by atoms with Gasteiger partial charge in [0, 0.05) is 11.6 Å². The second-order valence-corrected chi connectivity index (χ2v) is 6.62. The number of aliphatic hydroxyl groups is 1. The fourth-order valence-electron chi connectivity index (χ4n) is 4.05. The Kier molecular flexibility index (Phi) is 4.23. The van der Waals surface area contributed by atoms with Crippen LogP contribution in [0.5, 0.6) is 5.75 Å². The zero-order chi connectivity index (χ0) is 15.0. The predicted octanol–water partition coefficient (Wildman–Crippen LogP) is 3.36. The molecule has 3 nitrogen and oxygen atoms in total. The van der Waals surface area contributed by atoms with Gasteiger partial charge in [0.2, 0.25) is 0 Å². The van der Waals surface area contributed by atoms with Gasteiger partial charge in [0.25, 0.3) is 0 Å². The molecule has 2 aliphatic heterocycles. The third-order valence-corrected chi connectivity index (χ3v) is 5.10. The molecule has 3 rings (SSSR count). The van der Waals surface area contributed by atoms with Crippen LogP contribution in [0.2, 0.25) is 0 Å². The zero-order valence-corrected chi connectivity index (χ0v) is 13.4. The van der Waals surface area contributed by atoms with Crippen molar-refractivity contribution in [3.63, 3.8) is 0 Å². The maximum Gasteiger partial charge on any atom is 0.128 e. The molecule has 0 bridgehead atoms. The van der Waals surface area contributed by atoms with Crippen molar-refractivity contribution < 1.29 is 9.84 Å². The first-order valence-corrected chi connectivity index (χ1v) is 8.29. The Hall–Kier alpha value is -1.06. The second-order valence-electron chi connectivity index (χ2n) is 6.62. The van der Waals surface area contributed by atoms with Gasteiger partial charge in [-0.25, -0.2) is 0 Å². The van der Waals surface area contributed by atoms with Crippen LogP contribution in [0, 0.1) is 13.8 Å². The molecule has 0 amide bonds. The van der Waals surface area contributed by atoms with Crippen LogP contribution >= 0.6 is 0 Å². The number of fused-ring (bicyclic) bond motifs is 1. The monoisotopic (exact) mass is 289 g/mol. The highest BCUT2D eigenvalue weighted by Crippen LogP contribution is 2.39. The molecule has 0 aliphatic carbocycles. The Labute approximate surface area is 127 Å². The van der Waals surface area contributed by atoms with Crippen LogP contribution in [-0.2, 0) is 0 Å². The number of ether oxygens (including phenoxy) is 1. The molecule has 1 saturated heterocycles. The SMILES string of the molecule is CCC1CCCCN1C1COc2c(C)cc(C)cc2C1O. The van der Waals surface area contributed by atoms with E-state index in [4.69, 9.17) is 4.74 Å². The number of piperidine rings is 1. The first-order valence-electron chi connectivity index (χ1n) is 8.29. The predicted molar refractivity (Wildman–Crippen MR) is 84.8 cm³/mol. The fourth-order valence-corrected chi connectivity index (χ4v) is 4.05. The van der Waals surface area contributed by atoms with Crippen LogP contribution in [0.1, 0.15) is 55.4 Å². The van der Waals surface area contributed by atoms with Crippen molar-refractivity contribution in [2.24, 2.45) is 0 Å². The van der Waals surface area contributed by atoms with Crippen LogP contribution in [0.3, 0.4) is 0 Å². The Balaban J connectivity index is 1.89. The van der Waals surface area contributed by atoms with Crippen LogP contribution in [0.15, 0.2) is 12.1 Å². The quantitative estimate of drug-likeness (QED) is 0.906. The molecule has 1 aromatic rings. The molecule has 1 aromatic carbocycles. The van der Waals surface area contributed by atoms with E-state index in [1.807, 2.05) is 0 Å². The summed E-state index contributed by atoms with van der Waals surface area (Å²) in [5.74, 6) is 0.898. The number of nitrogens with zero attached hydrogens (tertiary/aromatic N) is 1. The van der Waals surface area contributed by atoms with Crippen molar-refractivity contribution in [2.75, 3.05) is 13.2 Å². The molecule has 0 saturated carbocycles. The smallest absolute Gasteiger partial charge is 0.128 e. The van der Waals surface area contributed by atoms with Crippen molar-refractivity contribution >= 4 is 0 Å². The highest BCUT2D eigenvalue weighted by atomic mass is 16.5. The lowest BCUT2D eigenvalue weighted by atomic mass is 9.90. The van der Waals surface area contributed by atoms with Crippen molar-refractivity contribution in [3.05, 3.63) is 28.8 Å². The molecule has 0 aromatic heterocycles. The number of rotatable bonds is 2. The summed E-state index contributed by atoms with van der Waals surface area (Å²) in [7, 11) is 0. The Bertz CT molecular complexity index is 514. The van der Waals surface area contributed by atoms with E-state index in [0.29, 0.717) is 12.6 Å². The average molecular weight is 289 g/mol. The summed E-state index contributed by atoms with van der Waals surface area (Å²) >= 11 is 0. The van der Waals surface area contributed by atoms with E-state index in [9.17, 15) is 5.11 Å². The molecular formula is C18H27NO2. The van der Waals surface area contributed by atoms with Crippen LogP contribution in [-0.4, -0.2) is 35.2 Å². The maximum absolute atomic E-state index is 10.9. The van der Waals surface area contributed by atoms with Gasteiger partial charge in [0.1, 0.15) is 18.5 Å². The first-order chi connectivity index (χ1) is 10.1. The average Bonchev–Trinajstić information content (AvgIpc) is 2.48. The van der Waals surface area contributed by atoms with Crippen LogP contribution < -0.4 is 4.74 Å². The summed E-state index contributed by atoms with van der Waals surface area (Å²) in [4.78, 5) is 2.49. The normalized spacial score (nSPS) is 29.8. The molecule has 2 heterocycles. The molecular weight excluding hydrogens is 262 g/mol. The van der Waals surface area contributed by atoms with E-state index in [1.54, 1.807) is 0 Å². The Morgan fingerprint density at radius 2 is 2.10 bits per heavy atom. The van der Waals surface area contributed by atoms with Crippen molar-refractivity contribution in [2.45, 2.75) is 64.6 Å². The summed E-state index contributed by atoms with van der Waals surface area (Å²) < 4.78 is 6.04.